The highest BCUT2D eigenvalue weighted by atomic mass is 32.1. The molecule has 0 aromatic heterocycles. The van der Waals surface area contributed by atoms with Gasteiger partial charge in [-0.1, -0.05) is 45.4 Å². The second-order valence-electron chi connectivity index (χ2n) is 6.53. The number of carbonyl (C=O) groups excluding carboxylic acids is 1. The van der Waals surface area contributed by atoms with Crippen molar-refractivity contribution in [3.63, 3.8) is 0 Å². The molecule has 2 aromatic carbocycles. The van der Waals surface area contributed by atoms with Gasteiger partial charge >= 0.3 is 0 Å². The molecule has 1 atom stereocenters. The largest absolute Gasteiger partial charge is 0.494 e. The number of unbranched alkanes of at least 4 members (excludes halogenated alkanes) is 1. The lowest BCUT2D eigenvalue weighted by molar-refractivity contribution is 0.0977. The smallest absolute Gasteiger partial charge is 0.257 e. The standard InChI is InChI=1S/C22H28N2O2S/c1-4-6-15-26-18-13-11-17(12-14-18)21(25)24-22(27)23-20-10-8-7-9-19(20)16(3)5-2/h7-14,16H,4-6,15H2,1-3H3,(H2,23,24,25,27)/t16-/m1/s1. The molecule has 0 unspecified atom stereocenters. The van der Waals surface area contributed by atoms with Gasteiger partial charge in [-0.2, -0.15) is 0 Å². The van der Waals surface area contributed by atoms with Crippen molar-refractivity contribution < 1.29 is 9.53 Å². The quantitative estimate of drug-likeness (QED) is 0.466. The van der Waals surface area contributed by atoms with Gasteiger partial charge in [0, 0.05) is 11.3 Å². The van der Waals surface area contributed by atoms with Gasteiger partial charge in [-0.15, -0.1) is 0 Å². The Morgan fingerprint density at radius 3 is 2.48 bits per heavy atom. The summed E-state index contributed by atoms with van der Waals surface area (Å²) in [7, 11) is 0. The van der Waals surface area contributed by atoms with E-state index < -0.39 is 0 Å². The Labute approximate surface area is 167 Å². The van der Waals surface area contributed by atoms with Crippen LogP contribution in [0, 0.1) is 0 Å². The van der Waals surface area contributed by atoms with Crippen LogP contribution in [0.4, 0.5) is 5.69 Å². The van der Waals surface area contributed by atoms with Crippen molar-refractivity contribution in [2.75, 3.05) is 11.9 Å². The van der Waals surface area contributed by atoms with E-state index in [2.05, 4.69) is 37.5 Å². The van der Waals surface area contributed by atoms with Crippen LogP contribution < -0.4 is 15.4 Å². The van der Waals surface area contributed by atoms with Gasteiger partial charge < -0.3 is 10.1 Å². The predicted octanol–water partition coefficient (Wildman–Crippen LogP) is 5.51. The number of para-hydroxylation sites is 1. The number of hydrogen-bond donors (Lipinski definition) is 2. The summed E-state index contributed by atoms with van der Waals surface area (Å²) in [6, 6.07) is 15.1. The molecular formula is C22H28N2O2S. The number of ether oxygens (including phenoxy) is 1. The first-order chi connectivity index (χ1) is 13.0. The first-order valence-corrected chi connectivity index (χ1v) is 9.90. The molecule has 27 heavy (non-hydrogen) atoms. The highest BCUT2D eigenvalue weighted by Crippen LogP contribution is 2.26. The van der Waals surface area contributed by atoms with Crippen LogP contribution in [-0.4, -0.2) is 17.6 Å². The van der Waals surface area contributed by atoms with E-state index in [1.54, 1.807) is 24.3 Å². The number of hydrogen-bond acceptors (Lipinski definition) is 3. The minimum absolute atomic E-state index is 0.242. The minimum atomic E-state index is -0.242. The van der Waals surface area contributed by atoms with E-state index in [9.17, 15) is 4.79 Å². The van der Waals surface area contributed by atoms with Gasteiger partial charge in [0.05, 0.1) is 6.61 Å². The normalized spacial score (nSPS) is 11.5. The molecule has 0 radical (unpaired) electrons. The molecule has 0 saturated heterocycles. The summed E-state index contributed by atoms with van der Waals surface area (Å²) >= 11 is 5.32. The minimum Gasteiger partial charge on any atom is -0.494 e. The predicted molar refractivity (Wildman–Crippen MR) is 116 cm³/mol. The summed E-state index contributed by atoms with van der Waals surface area (Å²) in [4.78, 5) is 12.4. The molecule has 144 valence electrons. The highest BCUT2D eigenvalue weighted by molar-refractivity contribution is 7.80. The van der Waals surface area contributed by atoms with Crippen LogP contribution in [0.25, 0.3) is 0 Å². The number of carbonyl (C=O) groups is 1. The fourth-order valence-electron chi connectivity index (χ4n) is 2.63. The first-order valence-electron chi connectivity index (χ1n) is 9.49. The van der Waals surface area contributed by atoms with Crippen molar-refractivity contribution in [1.82, 2.24) is 5.32 Å². The van der Waals surface area contributed by atoms with E-state index >= 15 is 0 Å². The molecule has 2 N–H and O–H groups in total. The fourth-order valence-corrected chi connectivity index (χ4v) is 2.83. The summed E-state index contributed by atoms with van der Waals surface area (Å²) in [5.41, 5.74) is 2.65. The van der Waals surface area contributed by atoms with E-state index in [0.717, 1.165) is 30.7 Å². The zero-order chi connectivity index (χ0) is 19.6. The summed E-state index contributed by atoms with van der Waals surface area (Å²) in [6.07, 6.45) is 3.13. The highest BCUT2D eigenvalue weighted by Gasteiger charge is 2.12. The zero-order valence-corrected chi connectivity index (χ0v) is 17.1. The lowest BCUT2D eigenvalue weighted by atomic mass is 9.97. The van der Waals surface area contributed by atoms with Gasteiger partial charge in [0.15, 0.2) is 5.11 Å². The molecule has 0 aliphatic carbocycles. The zero-order valence-electron chi connectivity index (χ0n) is 16.2. The summed E-state index contributed by atoms with van der Waals surface area (Å²) in [6.45, 7) is 7.13. The molecule has 2 rings (SSSR count). The van der Waals surface area contributed by atoms with Gasteiger partial charge in [0.1, 0.15) is 5.75 Å². The van der Waals surface area contributed by atoms with E-state index in [-0.39, 0.29) is 5.91 Å². The van der Waals surface area contributed by atoms with Crippen LogP contribution in [0.5, 0.6) is 5.75 Å². The van der Waals surface area contributed by atoms with Gasteiger partial charge in [-0.25, -0.2) is 0 Å². The Balaban J connectivity index is 1.95. The third-order valence-corrected chi connectivity index (χ3v) is 4.67. The maximum atomic E-state index is 12.4. The van der Waals surface area contributed by atoms with E-state index in [1.165, 1.54) is 5.56 Å². The van der Waals surface area contributed by atoms with Crippen molar-refractivity contribution in [3.8, 4) is 5.75 Å². The monoisotopic (exact) mass is 384 g/mol. The molecule has 2 aromatic rings. The maximum absolute atomic E-state index is 12.4. The third-order valence-electron chi connectivity index (χ3n) is 4.46. The van der Waals surface area contributed by atoms with Crippen molar-refractivity contribution in [3.05, 3.63) is 59.7 Å². The SMILES string of the molecule is CCCCOc1ccc(C(=O)NC(=S)Nc2ccccc2[C@H](C)CC)cc1. The number of rotatable bonds is 8. The topological polar surface area (TPSA) is 50.4 Å². The van der Waals surface area contributed by atoms with Crippen molar-refractivity contribution in [2.24, 2.45) is 0 Å². The Bertz CT molecular complexity index is 759. The summed E-state index contributed by atoms with van der Waals surface area (Å²) in [5, 5.41) is 6.18. The van der Waals surface area contributed by atoms with E-state index in [1.807, 2.05) is 18.2 Å². The molecule has 0 spiro atoms. The first kappa shape index (κ1) is 20.9. The van der Waals surface area contributed by atoms with Gasteiger partial charge in [-0.05, 0) is 66.9 Å². The van der Waals surface area contributed by atoms with Gasteiger partial charge in [0.25, 0.3) is 5.91 Å². The second kappa shape index (κ2) is 10.7. The van der Waals surface area contributed by atoms with E-state index in [0.29, 0.717) is 23.2 Å². The van der Waals surface area contributed by atoms with Crippen molar-refractivity contribution in [2.45, 2.75) is 46.0 Å². The lowest BCUT2D eigenvalue weighted by Gasteiger charge is -2.17. The molecule has 0 heterocycles. The Kier molecular flexibility index (Phi) is 8.27. The maximum Gasteiger partial charge on any atom is 0.257 e. The van der Waals surface area contributed by atoms with Crippen molar-refractivity contribution >= 4 is 28.9 Å². The van der Waals surface area contributed by atoms with Crippen LogP contribution in [-0.2, 0) is 0 Å². The molecule has 5 heteroatoms. The molecule has 0 saturated carbocycles. The van der Waals surface area contributed by atoms with Gasteiger partial charge in [0.2, 0.25) is 0 Å². The fraction of sp³-hybridized carbons (Fsp3) is 0.364. The molecule has 4 nitrogen and oxygen atoms in total. The lowest BCUT2D eigenvalue weighted by Crippen LogP contribution is -2.34. The van der Waals surface area contributed by atoms with E-state index in [4.69, 9.17) is 17.0 Å². The van der Waals surface area contributed by atoms with Gasteiger partial charge in [-0.3, -0.25) is 10.1 Å². The average Bonchev–Trinajstić information content (AvgIpc) is 2.68. The van der Waals surface area contributed by atoms with Crippen LogP contribution in [0.2, 0.25) is 0 Å². The average molecular weight is 385 g/mol. The summed E-state index contributed by atoms with van der Waals surface area (Å²) in [5.74, 6) is 0.935. The van der Waals surface area contributed by atoms with Crippen LogP contribution in [0.15, 0.2) is 48.5 Å². The molecular weight excluding hydrogens is 356 g/mol. The molecule has 0 aliphatic rings. The Morgan fingerprint density at radius 1 is 1.11 bits per heavy atom. The van der Waals surface area contributed by atoms with Crippen LogP contribution >= 0.6 is 12.2 Å². The van der Waals surface area contributed by atoms with Crippen LogP contribution in [0.1, 0.15) is 61.9 Å². The van der Waals surface area contributed by atoms with Crippen molar-refractivity contribution in [1.29, 1.82) is 0 Å². The molecule has 0 bridgehead atoms. The summed E-state index contributed by atoms with van der Waals surface area (Å²) < 4.78 is 5.62. The van der Waals surface area contributed by atoms with Crippen LogP contribution in [0.3, 0.4) is 0 Å². The number of benzene rings is 2. The number of thiocarbonyl (C=S) groups is 1. The number of nitrogens with one attached hydrogen (secondary N) is 2. The molecule has 1 amide bonds. The second-order valence-corrected chi connectivity index (χ2v) is 6.94. The Hall–Kier alpha value is -2.40. The number of anilines is 1. The third kappa shape index (κ3) is 6.36. The molecule has 0 aliphatic heterocycles. The Morgan fingerprint density at radius 2 is 1.81 bits per heavy atom. The molecule has 0 fully saturated rings. The number of amides is 1.